The highest BCUT2D eigenvalue weighted by molar-refractivity contribution is 5.95. The highest BCUT2D eigenvalue weighted by Gasteiger charge is 2.33. The van der Waals surface area contributed by atoms with Crippen molar-refractivity contribution in [3.8, 4) is 0 Å². The molecule has 140 valence electrons. The Morgan fingerprint density at radius 2 is 1.78 bits per heavy atom. The lowest BCUT2D eigenvalue weighted by Gasteiger charge is -2.35. The summed E-state index contributed by atoms with van der Waals surface area (Å²) >= 11 is 0. The van der Waals surface area contributed by atoms with Crippen LogP contribution in [0.5, 0.6) is 0 Å². The van der Waals surface area contributed by atoms with Crippen LogP contribution in [0.4, 0.5) is 19.0 Å². The van der Waals surface area contributed by atoms with Gasteiger partial charge in [0.1, 0.15) is 5.82 Å². The van der Waals surface area contributed by atoms with Crippen molar-refractivity contribution >= 4 is 22.5 Å². The van der Waals surface area contributed by atoms with Crippen molar-refractivity contribution in [2.45, 2.75) is 6.18 Å². The normalized spacial score (nSPS) is 15.4. The molecule has 1 aliphatic heterocycles. The summed E-state index contributed by atoms with van der Waals surface area (Å²) in [4.78, 5) is 20.2. The van der Waals surface area contributed by atoms with Crippen molar-refractivity contribution in [2.75, 3.05) is 31.1 Å². The zero-order valence-electron chi connectivity index (χ0n) is 14.2. The van der Waals surface area contributed by atoms with Crippen LogP contribution in [0.25, 0.3) is 10.8 Å². The Kier molecular flexibility index (Phi) is 4.25. The summed E-state index contributed by atoms with van der Waals surface area (Å²) in [6.07, 6.45) is -1.58. The Morgan fingerprint density at radius 3 is 2.44 bits per heavy atom. The first-order chi connectivity index (χ1) is 12.9. The van der Waals surface area contributed by atoms with Gasteiger partial charge in [-0.3, -0.25) is 4.79 Å². The number of alkyl halides is 3. The molecule has 1 fully saturated rings. The maximum atomic E-state index is 13.3. The quantitative estimate of drug-likeness (QED) is 0.684. The first-order valence-corrected chi connectivity index (χ1v) is 8.48. The lowest BCUT2D eigenvalue weighted by molar-refractivity contribution is -0.136. The summed E-state index contributed by atoms with van der Waals surface area (Å²) in [5.41, 5.74) is -0.671. The van der Waals surface area contributed by atoms with Crippen LogP contribution >= 0.6 is 0 Å². The summed E-state index contributed by atoms with van der Waals surface area (Å²) in [6.45, 7) is 1.84. The number of carbonyl (C=O) groups excluding carboxylic acids is 1. The molecular weight excluding hydrogens is 359 g/mol. The Balaban J connectivity index is 1.59. The second kappa shape index (κ2) is 6.61. The second-order valence-electron chi connectivity index (χ2n) is 6.29. The number of piperazine rings is 1. The maximum Gasteiger partial charge on any atom is 0.417 e. The van der Waals surface area contributed by atoms with Crippen molar-refractivity contribution < 1.29 is 22.4 Å². The van der Waals surface area contributed by atoms with E-state index in [1.165, 1.54) is 24.6 Å². The van der Waals surface area contributed by atoms with E-state index in [-0.39, 0.29) is 17.1 Å². The number of furan rings is 1. The van der Waals surface area contributed by atoms with Gasteiger partial charge < -0.3 is 14.2 Å². The van der Waals surface area contributed by atoms with E-state index in [4.69, 9.17) is 4.42 Å². The number of rotatable bonds is 2. The Hall–Kier alpha value is -3.03. The number of benzene rings is 1. The van der Waals surface area contributed by atoms with E-state index in [1.807, 2.05) is 4.90 Å². The SMILES string of the molecule is O=C(c1ccco1)N1CCN(c2nccc3c(C(F)(F)F)cccc23)CC1. The van der Waals surface area contributed by atoms with Gasteiger partial charge in [0.15, 0.2) is 5.76 Å². The number of anilines is 1. The van der Waals surface area contributed by atoms with Crippen LogP contribution in [0.3, 0.4) is 0 Å². The van der Waals surface area contributed by atoms with E-state index in [0.717, 1.165) is 6.07 Å². The van der Waals surface area contributed by atoms with Gasteiger partial charge in [-0.15, -0.1) is 0 Å². The van der Waals surface area contributed by atoms with Gasteiger partial charge in [0, 0.05) is 37.8 Å². The van der Waals surface area contributed by atoms with Crippen LogP contribution in [0, 0.1) is 0 Å². The first-order valence-electron chi connectivity index (χ1n) is 8.48. The molecule has 27 heavy (non-hydrogen) atoms. The third-order valence-electron chi connectivity index (χ3n) is 4.69. The molecule has 1 aromatic carbocycles. The van der Waals surface area contributed by atoms with Crippen LogP contribution in [-0.4, -0.2) is 42.0 Å². The fourth-order valence-electron chi connectivity index (χ4n) is 3.37. The molecule has 0 saturated carbocycles. The van der Waals surface area contributed by atoms with E-state index in [1.54, 1.807) is 23.1 Å². The molecular formula is C19H16F3N3O2. The van der Waals surface area contributed by atoms with Crippen LogP contribution < -0.4 is 4.90 Å². The highest BCUT2D eigenvalue weighted by Crippen LogP contribution is 2.37. The lowest BCUT2D eigenvalue weighted by Crippen LogP contribution is -2.49. The van der Waals surface area contributed by atoms with Crippen molar-refractivity contribution in [1.82, 2.24) is 9.88 Å². The summed E-state index contributed by atoms with van der Waals surface area (Å²) in [6, 6.07) is 8.77. The first kappa shape index (κ1) is 17.4. The number of nitrogens with zero attached hydrogens (tertiary/aromatic N) is 3. The van der Waals surface area contributed by atoms with Gasteiger partial charge in [-0.25, -0.2) is 4.98 Å². The molecule has 3 heterocycles. The minimum Gasteiger partial charge on any atom is -0.459 e. The minimum absolute atomic E-state index is 0.129. The molecule has 1 amide bonds. The molecule has 0 unspecified atom stereocenters. The number of carbonyl (C=O) groups is 1. The lowest BCUT2D eigenvalue weighted by atomic mass is 10.0. The van der Waals surface area contributed by atoms with Crippen molar-refractivity contribution in [2.24, 2.45) is 0 Å². The molecule has 0 spiro atoms. The number of halogens is 3. The fraction of sp³-hybridized carbons (Fsp3) is 0.263. The average Bonchev–Trinajstić information content (AvgIpc) is 3.20. The molecule has 2 aromatic heterocycles. The van der Waals surface area contributed by atoms with Crippen LogP contribution in [-0.2, 0) is 6.18 Å². The third kappa shape index (κ3) is 3.22. The molecule has 0 atom stereocenters. The molecule has 0 N–H and O–H groups in total. The highest BCUT2D eigenvalue weighted by atomic mass is 19.4. The van der Waals surface area contributed by atoms with E-state index in [2.05, 4.69) is 4.98 Å². The molecule has 4 rings (SSSR count). The van der Waals surface area contributed by atoms with Gasteiger partial charge in [0.05, 0.1) is 11.8 Å². The molecule has 0 radical (unpaired) electrons. The van der Waals surface area contributed by atoms with Crippen LogP contribution in [0.15, 0.2) is 53.3 Å². The monoisotopic (exact) mass is 375 g/mol. The van der Waals surface area contributed by atoms with Gasteiger partial charge in [0.25, 0.3) is 5.91 Å². The van der Waals surface area contributed by atoms with Gasteiger partial charge >= 0.3 is 6.18 Å². The van der Waals surface area contributed by atoms with E-state index >= 15 is 0 Å². The Labute approximate surface area is 153 Å². The van der Waals surface area contributed by atoms with Gasteiger partial charge in [-0.2, -0.15) is 13.2 Å². The van der Waals surface area contributed by atoms with Crippen molar-refractivity contribution in [1.29, 1.82) is 0 Å². The van der Waals surface area contributed by atoms with Crippen LogP contribution in [0.2, 0.25) is 0 Å². The molecule has 0 bridgehead atoms. The second-order valence-corrected chi connectivity index (χ2v) is 6.29. The number of hydrogen-bond donors (Lipinski definition) is 0. The van der Waals surface area contributed by atoms with Crippen molar-refractivity contribution in [3.63, 3.8) is 0 Å². The summed E-state index contributed by atoms with van der Waals surface area (Å²) < 4.78 is 45.0. The summed E-state index contributed by atoms with van der Waals surface area (Å²) in [7, 11) is 0. The van der Waals surface area contributed by atoms with Gasteiger partial charge in [-0.05, 0) is 29.7 Å². The molecule has 3 aromatic rings. The molecule has 0 aliphatic carbocycles. The van der Waals surface area contributed by atoms with Gasteiger partial charge in [-0.1, -0.05) is 12.1 Å². The zero-order chi connectivity index (χ0) is 19.0. The molecule has 8 heteroatoms. The van der Waals surface area contributed by atoms with Crippen LogP contribution in [0.1, 0.15) is 16.1 Å². The van der Waals surface area contributed by atoms with Crippen molar-refractivity contribution in [3.05, 3.63) is 60.2 Å². The zero-order valence-corrected chi connectivity index (χ0v) is 14.2. The van der Waals surface area contributed by atoms with E-state index in [9.17, 15) is 18.0 Å². The number of fused-ring (bicyclic) bond motifs is 1. The van der Waals surface area contributed by atoms with E-state index in [0.29, 0.717) is 37.4 Å². The fourth-order valence-corrected chi connectivity index (χ4v) is 3.37. The minimum atomic E-state index is -4.42. The topological polar surface area (TPSA) is 49.6 Å². The maximum absolute atomic E-state index is 13.3. The molecule has 5 nitrogen and oxygen atoms in total. The Bertz CT molecular complexity index is 962. The number of hydrogen-bond acceptors (Lipinski definition) is 4. The average molecular weight is 375 g/mol. The van der Waals surface area contributed by atoms with E-state index < -0.39 is 11.7 Å². The number of aromatic nitrogens is 1. The number of pyridine rings is 1. The Morgan fingerprint density at radius 1 is 1.00 bits per heavy atom. The third-order valence-corrected chi connectivity index (χ3v) is 4.69. The molecule has 1 saturated heterocycles. The molecule has 1 aliphatic rings. The standard InChI is InChI=1S/C19H16F3N3O2/c20-19(21,22)15-4-1-3-14-13(15)6-7-23-17(14)24-8-10-25(11-9-24)18(26)16-5-2-12-27-16/h1-7,12H,8-11H2. The summed E-state index contributed by atoms with van der Waals surface area (Å²) in [5.74, 6) is 0.593. The summed E-state index contributed by atoms with van der Waals surface area (Å²) in [5, 5.41) is 0.585. The predicted molar refractivity (Wildman–Crippen MR) is 93.6 cm³/mol. The predicted octanol–water partition coefficient (Wildman–Crippen LogP) is 3.81. The largest absolute Gasteiger partial charge is 0.459 e. The van der Waals surface area contributed by atoms with Gasteiger partial charge in [0.2, 0.25) is 0 Å². The smallest absolute Gasteiger partial charge is 0.417 e. The number of amides is 1.